The van der Waals surface area contributed by atoms with Gasteiger partial charge in [-0.2, -0.15) is 0 Å². The molecule has 1 aromatic rings. The fourth-order valence-corrected chi connectivity index (χ4v) is 1.98. The summed E-state index contributed by atoms with van der Waals surface area (Å²) in [6.07, 6.45) is -0.286. The highest BCUT2D eigenvalue weighted by molar-refractivity contribution is 5.93. The van der Waals surface area contributed by atoms with Gasteiger partial charge in [-0.15, -0.1) is 0 Å². The van der Waals surface area contributed by atoms with Crippen molar-refractivity contribution in [2.24, 2.45) is 0 Å². The Labute approximate surface area is 106 Å². The van der Waals surface area contributed by atoms with Crippen molar-refractivity contribution in [2.45, 2.75) is 13.0 Å². The van der Waals surface area contributed by atoms with Gasteiger partial charge in [0.05, 0.1) is 25.4 Å². The summed E-state index contributed by atoms with van der Waals surface area (Å²) in [5.74, 6) is 0.559. The molecule has 5 heteroatoms. The zero-order valence-electron chi connectivity index (χ0n) is 10.6. The predicted octanol–water partition coefficient (Wildman–Crippen LogP) is 0.619. The monoisotopic (exact) mass is 250 g/mol. The predicted molar refractivity (Wildman–Crippen MR) is 68.8 cm³/mol. The van der Waals surface area contributed by atoms with Crippen LogP contribution in [0.3, 0.4) is 0 Å². The van der Waals surface area contributed by atoms with Crippen molar-refractivity contribution < 1.29 is 14.6 Å². The largest absolute Gasteiger partial charge is 0.495 e. The first-order valence-corrected chi connectivity index (χ1v) is 5.93. The number of amides is 1. The number of rotatable bonds is 4. The van der Waals surface area contributed by atoms with Gasteiger partial charge in [-0.05, 0) is 24.6 Å². The Morgan fingerprint density at radius 1 is 1.56 bits per heavy atom. The van der Waals surface area contributed by atoms with E-state index in [1.165, 1.54) is 0 Å². The minimum atomic E-state index is -0.286. The Balaban J connectivity index is 1.95. The van der Waals surface area contributed by atoms with E-state index in [9.17, 15) is 4.79 Å². The second-order valence-corrected chi connectivity index (χ2v) is 4.60. The number of hydrogen-bond donors (Lipinski definition) is 2. The number of benzene rings is 1. The first-order chi connectivity index (χ1) is 8.58. The third kappa shape index (κ3) is 3.00. The number of likely N-dealkylation sites (tertiary alicyclic amines) is 1. The van der Waals surface area contributed by atoms with Gasteiger partial charge in [0, 0.05) is 13.1 Å². The lowest BCUT2D eigenvalue weighted by molar-refractivity contribution is -0.119. The molecule has 1 fully saturated rings. The molecule has 1 aromatic carbocycles. The van der Waals surface area contributed by atoms with Crippen molar-refractivity contribution in [3.63, 3.8) is 0 Å². The number of β-amino-alcohol motifs (C(OH)–C–C–N with tert-alkyl or cyclic N) is 1. The van der Waals surface area contributed by atoms with Gasteiger partial charge in [0.1, 0.15) is 5.75 Å². The molecule has 1 aliphatic heterocycles. The summed E-state index contributed by atoms with van der Waals surface area (Å²) in [5, 5.41) is 12.0. The van der Waals surface area contributed by atoms with Crippen LogP contribution in [-0.4, -0.2) is 48.8 Å². The summed E-state index contributed by atoms with van der Waals surface area (Å²) in [4.78, 5) is 13.7. The lowest BCUT2D eigenvalue weighted by Gasteiger charge is -2.35. The molecular formula is C13H18N2O3. The lowest BCUT2D eigenvalue weighted by atomic mass is 10.1. The van der Waals surface area contributed by atoms with E-state index in [0.717, 1.165) is 5.56 Å². The first-order valence-electron chi connectivity index (χ1n) is 5.93. The summed E-state index contributed by atoms with van der Waals surface area (Å²) in [6.45, 7) is 3.39. The standard InChI is InChI=1S/C13H18N2O3/c1-9-3-4-12(18-2)11(5-9)14-13(17)8-15-6-10(16)7-15/h3-5,10,16H,6-8H2,1-2H3,(H,14,17). The topological polar surface area (TPSA) is 61.8 Å². The number of aliphatic hydroxyl groups excluding tert-OH is 1. The zero-order valence-corrected chi connectivity index (χ0v) is 10.6. The molecule has 98 valence electrons. The number of aliphatic hydroxyl groups is 1. The molecular weight excluding hydrogens is 232 g/mol. The van der Waals surface area contributed by atoms with Crippen molar-refractivity contribution in [2.75, 3.05) is 32.1 Å². The Hall–Kier alpha value is -1.59. The maximum Gasteiger partial charge on any atom is 0.238 e. The second kappa shape index (κ2) is 5.37. The fourth-order valence-electron chi connectivity index (χ4n) is 1.98. The summed E-state index contributed by atoms with van der Waals surface area (Å²) in [6, 6.07) is 5.64. The van der Waals surface area contributed by atoms with E-state index < -0.39 is 0 Å². The van der Waals surface area contributed by atoms with Crippen LogP contribution in [0.1, 0.15) is 5.56 Å². The third-order valence-electron chi connectivity index (χ3n) is 2.93. The Morgan fingerprint density at radius 3 is 2.89 bits per heavy atom. The van der Waals surface area contributed by atoms with E-state index in [2.05, 4.69) is 5.32 Å². The van der Waals surface area contributed by atoms with E-state index in [4.69, 9.17) is 9.84 Å². The summed E-state index contributed by atoms with van der Waals surface area (Å²) < 4.78 is 5.20. The summed E-state index contributed by atoms with van der Waals surface area (Å²) >= 11 is 0. The molecule has 0 aliphatic carbocycles. The van der Waals surface area contributed by atoms with Gasteiger partial charge in [0.2, 0.25) is 5.91 Å². The molecule has 1 amide bonds. The van der Waals surface area contributed by atoms with Gasteiger partial charge in [-0.1, -0.05) is 6.07 Å². The minimum absolute atomic E-state index is 0.0919. The van der Waals surface area contributed by atoms with Gasteiger partial charge < -0.3 is 15.2 Å². The molecule has 0 aromatic heterocycles. The second-order valence-electron chi connectivity index (χ2n) is 4.60. The van der Waals surface area contributed by atoms with Crippen molar-refractivity contribution >= 4 is 11.6 Å². The lowest BCUT2D eigenvalue weighted by Crippen LogP contribution is -2.53. The summed E-state index contributed by atoms with van der Waals surface area (Å²) in [7, 11) is 1.58. The Bertz CT molecular complexity index is 442. The van der Waals surface area contributed by atoms with Gasteiger partial charge in [0.15, 0.2) is 0 Å². The van der Waals surface area contributed by atoms with E-state index in [1.807, 2.05) is 30.0 Å². The van der Waals surface area contributed by atoms with Crippen LogP contribution >= 0.6 is 0 Å². The number of nitrogens with zero attached hydrogens (tertiary/aromatic N) is 1. The maximum atomic E-state index is 11.8. The number of anilines is 1. The number of carbonyl (C=O) groups is 1. The van der Waals surface area contributed by atoms with Gasteiger partial charge in [0.25, 0.3) is 0 Å². The maximum absolute atomic E-state index is 11.8. The fraction of sp³-hybridized carbons (Fsp3) is 0.462. The quantitative estimate of drug-likeness (QED) is 0.822. The van der Waals surface area contributed by atoms with Gasteiger partial charge >= 0.3 is 0 Å². The molecule has 0 spiro atoms. The first kappa shape index (κ1) is 12.9. The van der Waals surface area contributed by atoms with E-state index in [-0.39, 0.29) is 12.0 Å². The highest BCUT2D eigenvalue weighted by atomic mass is 16.5. The van der Waals surface area contributed by atoms with Crippen LogP contribution in [0.4, 0.5) is 5.69 Å². The SMILES string of the molecule is COc1ccc(C)cc1NC(=O)CN1CC(O)C1. The molecule has 1 saturated heterocycles. The number of nitrogens with one attached hydrogen (secondary N) is 1. The number of hydrogen-bond acceptors (Lipinski definition) is 4. The van der Waals surface area contributed by atoms with Crippen LogP contribution in [0, 0.1) is 6.92 Å². The third-order valence-corrected chi connectivity index (χ3v) is 2.93. The van der Waals surface area contributed by atoms with E-state index in [0.29, 0.717) is 31.1 Å². The van der Waals surface area contributed by atoms with Crippen LogP contribution in [0.25, 0.3) is 0 Å². The smallest absolute Gasteiger partial charge is 0.238 e. The molecule has 0 atom stereocenters. The Morgan fingerprint density at radius 2 is 2.28 bits per heavy atom. The number of carbonyl (C=O) groups excluding carboxylic acids is 1. The molecule has 0 saturated carbocycles. The Kier molecular flexibility index (Phi) is 3.84. The molecule has 18 heavy (non-hydrogen) atoms. The molecule has 1 heterocycles. The van der Waals surface area contributed by atoms with Crippen LogP contribution in [0.15, 0.2) is 18.2 Å². The highest BCUT2D eigenvalue weighted by Crippen LogP contribution is 2.25. The average molecular weight is 250 g/mol. The van der Waals surface area contributed by atoms with Crippen molar-refractivity contribution in [3.05, 3.63) is 23.8 Å². The van der Waals surface area contributed by atoms with Crippen LogP contribution in [0.2, 0.25) is 0 Å². The van der Waals surface area contributed by atoms with Crippen LogP contribution in [-0.2, 0) is 4.79 Å². The molecule has 0 bridgehead atoms. The summed E-state index contributed by atoms with van der Waals surface area (Å²) in [5.41, 5.74) is 1.74. The molecule has 0 radical (unpaired) electrons. The van der Waals surface area contributed by atoms with E-state index >= 15 is 0 Å². The molecule has 2 N–H and O–H groups in total. The molecule has 5 nitrogen and oxygen atoms in total. The van der Waals surface area contributed by atoms with Gasteiger partial charge in [-0.3, -0.25) is 9.69 Å². The highest BCUT2D eigenvalue weighted by Gasteiger charge is 2.26. The zero-order chi connectivity index (χ0) is 13.1. The number of ether oxygens (including phenoxy) is 1. The van der Waals surface area contributed by atoms with Crippen molar-refractivity contribution in [1.82, 2.24) is 4.90 Å². The van der Waals surface area contributed by atoms with Crippen molar-refractivity contribution in [3.8, 4) is 5.75 Å². The average Bonchev–Trinajstić information content (AvgIpc) is 2.27. The molecule has 2 rings (SSSR count). The minimum Gasteiger partial charge on any atom is -0.495 e. The normalized spacial score (nSPS) is 16.2. The van der Waals surface area contributed by atoms with E-state index in [1.54, 1.807) is 7.11 Å². The molecule has 1 aliphatic rings. The van der Waals surface area contributed by atoms with Gasteiger partial charge in [-0.25, -0.2) is 0 Å². The number of aryl methyl sites for hydroxylation is 1. The van der Waals surface area contributed by atoms with Crippen molar-refractivity contribution in [1.29, 1.82) is 0 Å². The number of methoxy groups -OCH3 is 1. The van der Waals surface area contributed by atoms with Crippen LogP contribution < -0.4 is 10.1 Å². The van der Waals surface area contributed by atoms with Crippen LogP contribution in [0.5, 0.6) is 5.75 Å². The molecule has 0 unspecified atom stereocenters.